The summed E-state index contributed by atoms with van der Waals surface area (Å²) >= 11 is 0. The number of hydrogen-bond donors (Lipinski definition) is 0. The smallest absolute Gasteiger partial charge is 0.224 e. The summed E-state index contributed by atoms with van der Waals surface area (Å²) in [7, 11) is -3.16. The molecule has 1 heterocycles. The lowest BCUT2D eigenvalue weighted by Crippen LogP contribution is -2.32. The zero-order valence-electron chi connectivity index (χ0n) is 12.3. The number of likely N-dealkylation sites (tertiary alicyclic amines) is 1. The van der Waals surface area contributed by atoms with Crippen molar-refractivity contribution in [3.63, 3.8) is 0 Å². The van der Waals surface area contributed by atoms with Crippen LogP contribution >= 0.6 is 0 Å². The van der Waals surface area contributed by atoms with Crippen LogP contribution in [0.4, 0.5) is 4.39 Å². The van der Waals surface area contributed by atoms with Gasteiger partial charge in [0, 0.05) is 19.2 Å². The van der Waals surface area contributed by atoms with Gasteiger partial charge in [0.15, 0.2) is 0 Å². The van der Waals surface area contributed by atoms with Crippen LogP contribution in [0.15, 0.2) is 24.3 Å². The van der Waals surface area contributed by atoms with Crippen LogP contribution in [0, 0.1) is 11.7 Å². The Balaban J connectivity index is 2.15. The molecule has 1 aromatic rings. The van der Waals surface area contributed by atoms with E-state index in [0.717, 1.165) is 18.2 Å². The van der Waals surface area contributed by atoms with Crippen LogP contribution in [-0.2, 0) is 14.6 Å². The largest absolute Gasteiger partial charge is 0.335 e. The molecule has 0 bridgehead atoms. The Morgan fingerprint density at radius 3 is 2.76 bits per heavy atom. The molecule has 0 aromatic heterocycles. The molecule has 21 heavy (non-hydrogen) atoms. The summed E-state index contributed by atoms with van der Waals surface area (Å²) in [5.74, 6) is -0.331. The van der Waals surface area contributed by atoms with E-state index in [1.54, 1.807) is 11.0 Å². The summed E-state index contributed by atoms with van der Waals surface area (Å²) in [6, 6.07) is 6.09. The van der Waals surface area contributed by atoms with Crippen molar-refractivity contribution in [1.82, 2.24) is 4.90 Å². The molecular weight excluding hydrogens is 293 g/mol. The fourth-order valence-electron chi connectivity index (χ4n) is 2.77. The molecule has 0 N–H and O–H groups in total. The van der Waals surface area contributed by atoms with Gasteiger partial charge in [-0.25, -0.2) is 12.8 Å². The first-order valence-corrected chi connectivity index (χ1v) is 9.05. The third-order valence-electron chi connectivity index (χ3n) is 3.75. The summed E-state index contributed by atoms with van der Waals surface area (Å²) in [6.07, 6.45) is 1.88. The van der Waals surface area contributed by atoms with Crippen molar-refractivity contribution in [3.05, 3.63) is 35.6 Å². The van der Waals surface area contributed by atoms with Gasteiger partial charge in [0.05, 0.1) is 11.8 Å². The molecule has 1 fully saturated rings. The van der Waals surface area contributed by atoms with Gasteiger partial charge in [-0.3, -0.25) is 4.79 Å². The first kappa shape index (κ1) is 15.9. The molecule has 2 atom stereocenters. The van der Waals surface area contributed by atoms with Crippen molar-refractivity contribution in [2.45, 2.75) is 25.8 Å². The Kier molecular flexibility index (Phi) is 4.66. The van der Waals surface area contributed by atoms with Gasteiger partial charge in [0.1, 0.15) is 15.7 Å². The van der Waals surface area contributed by atoms with Crippen LogP contribution < -0.4 is 0 Å². The molecule has 1 saturated heterocycles. The van der Waals surface area contributed by atoms with E-state index in [9.17, 15) is 17.6 Å². The number of sulfone groups is 1. The number of nitrogens with zero attached hydrogens (tertiary/aromatic N) is 1. The van der Waals surface area contributed by atoms with E-state index in [-0.39, 0.29) is 29.9 Å². The van der Waals surface area contributed by atoms with Crippen LogP contribution in [0.25, 0.3) is 0 Å². The third-order valence-corrected chi connectivity index (χ3v) is 4.70. The van der Waals surface area contributed by atoms with Gasteiger partial charge in [0.2, 0.25) is 5.91 Å². The summed E-state index contributed by atoms with van der Waals surface area (Å²) in [6.45, 7) is 2.62. The lowest BCUT2D eigenvalue weighted by atomic mass is 10.0. The molecule has 0 saturated carbocycles. The maximum Gasteiger partial charge on any atom is 0.224 e. The monoisotopic (exact) mass is 313 g/mol. The standard InChI is InChI=1S/C15H20FNO3S/c1-11-8-14(12-4-3-5-13(16)9-12)17(10-11)15(18)6-7-21(2,19)20/h3-5,9,11,14H,6-8,10H2,1-2H3/t11-,14-/m1/s1. The van der Waals surface area contributed by atoms with Crippen LogP contribution in [0.1, 0.15) is 31.4 Å². The molecular formula is C15H20FNO3S. The second kappa shape index (κ2) is 6.13. The van der Waals surface area contributed by atoms with Gasteiger partial charge < -0.3 is 4.90 Å². The zero-order chi connectivity index (χ0) is 15.6. The molecule has 6 heteroatoms. The van der Waals surface area contributed by atoms with Crippen LogP contribution in [-0.4, -0.2) is 37.8 Å². The summed E-state index contributed by atoms with van der Waals surface area (Å²) < 4.78 is 35.7. The number of carbonyl (C=O) groups is 1. The van der Waals surface area contributed by atoms with Crippen molar-refractivity contribution in [1.29, 1.82) is 0 Å². The second-order valence-electron chi connectivity index (χ2n) is 5.84. The second-order valence-corrected chi connectivity index (χ2v) is 8.10. The Bertz CT molecular complexity index is 630. The maximum absolute atomic E-state index is 13.4. The van der Waals surface area contributed by atoms with Crippen LogP contribution in [0.2, 0.25) is 0 Å². The molecule has 4 nitrogen and oxygen atoms in total. The van der Waals surface area contributed by atoms with E-state index >= 15 is 0 Å². The SMILES string of the molecule is C[C@@H]1C[C@H](c2cccc(F)c2)N(C(=O)CCS(C)(=O)=O)C1. The predicted molar refractivity (Wildman–Crippen MR) is 79.0 cm³/mol. The molecule has 0 unspecified atom stereocenters. The Morgan fingerprint density at radius 1 is 1.43 bits per heavy atom. The topological polar surface area (TPSA) is 54.5 Å². The lowest BCUT2D eigenvalue weighted by molar-refractivity contribution is -0.131. The fourth-order valence-corrected chi connectivity index (χ4v) is 3.31. The van der Waals surface area contributed by atoms with Crippen molar-refractivity contribution >= 4 is 15.7 Å². The van der Waals surface area contributed by atoms with Crippen molar-refractivity contribution < 1.29 is 17.6 Å². The summed E-state index contributed by atoms with van der Waals surface area (Å²) in [5, 5.41) is 0. The third kappa shape index (κ3) is 4.27. The number of amides is 1. The average molecular weight is 313 g/mol. The Labute approximate surface area is 124 Å². The number of benzene rings is 1. The normalized spacial score (nSPS) is 22.5. The van der Waals surface area contributed by atoms with Crippen molar-refractivity contribution in [2.24, 2.45) is 5.92 Å². The van der Waals surface area contributed by atoms with E-state index in [1.807, 2.05) is 13.0 Å². The highest BCUT2D eigenvalue weighted by Crippen LogP contribution is 2.35. The van der Waals surface area contributed by atoms with E-state index in [4.69, 9.17) is 0 Å². The minimum absolute atomic E-state index is 0.0165. The zero-order valence-corrected chi connectivity index (χ0v) is 13.1. The van der Waals surface area contributed by atoms with Gasteiger partial charge in [0.25, 0.3) is 0 Å². The molecule has 0 aliphatic carbocycles. The number of halogens is 1. The quantitative estimate of drug-likeness (QED) is 0.856. The Morgan fingerprint density at radius 2 is 2.14 bits per heavy atom. The van der Waals surface area contributed by atoms with Gasteiger partial charge >= 0.3 is 0 Å². The molecule has 116 valence electrons. The van der Waals surface area contributed by atoms with Crippen LogP contribution in [0.5, 0.6) is 0 Å². The van der Waals surface area contributed by atoms with Gasteiger partial charge in [-0.2, -0.15) is 0 Å². The minimum atomic E-state index is -3.16. The van der Waals surface area contributed by atoms with Gasteiger partial charge in [-0.15, -0.1) is 0 Å². The van der Waals surface area contributed by atoms with Crippen molar-refractivity contribution in [2.75, 3.05) is 18.6 Å². The highest BCUT2D eigenvalue weighted by atomic mass is 32.2. The summed E-state index contributed by atoms with van der Waals surface area (Å²) in [4.78, 5) is 14.0. The lowest BCUT2D eigenvalue weighted by Gasteiger charge is -2.25. The highest BCUT2D eigenvalue weighted by molar-refractivity contribution is 7.90. The Hall–Kier alpha value is -1.43. The van der Waals surface area contributed by atoms with Gasteiger partial charge in [-0.1, -0.05) is 19.1 Å². The molecule has 1 aromatic carbocycles. The van der Waals surface area contributed by atoms with Gasteiger partial charge in [-0.05, 0) is 30.0 Å². The van der Waals surface area contributed by atoms with Crippen molar-refractivity contribution in [3.8, 4) is 0 Å². The highest BCUT2D eigenvalue weighted by Gasteiger charge is 2.34. The molecule has 1 aliphatic heterocycles. The van der Waals surface area contributed by atoms with Crippen LogP contribution in [0.3, 0.4) is 0 Å². The predicted octanol–water partition coefficient (Wildman–Crippen LogP) is 2.17. The molecule has 1 aliphatic rings. The van der Waals surface area contributed by atoms with E-state index in [2.05, 4.69) is 0 Å². The fraction of sp³-hybridized carbons (Fsp3) is 0.533. The molecule has 2 rings (SSSR count). The average Bonchev–Trinajstić information content (AvgIpc) is 2.77. The number of hydrogen-bond acceptors (Lipinski definition) is 3. The maximum atomic E-state index is 13.4. The summed E-state index contributed by atoms with van der Waals surface area (Å²) in [5.41, 5.74) is 0.770. The minimum Gasteiger partial charge on any atom is -0.335 e. The number of rotatable bonds is 4. The number of carbonyl (C=O) groups excluding carboxylic acids is 1. The van der Waals surface area contributed by atoms with E-state index < -0.39 is 9.84 Å². The first-order chi connectivity index (χ1) is 9.76. The molecule has 0 radical (unpaired) electrons. The van der Waals surface area contributed by atoms with E-state index in [0.29, 0.717) is 12.5 Å². The molecule has 1 amide bonds. The first-order valence-electron chi connectivity index (χ1n) is 6.99. The van der Waals surface area contributed by atoms with E-state index in [1.165, 1.54) is 12.1 Å². The molecule has 0 spiro atoms.